The van der Waals surface area contributed by atoms with Crippen molar-refractivity contribution >= 4 is 34.7 Å². The van der Waals surface area contributed by atoms with Gasteiger partial charge in [0.2, 0.25) is 0 Å². The molecule has 2 heterocycles. The van der Waals surface area contributed by atoms with Gasteiger partial charge in [0, 0.05) is 11.9 Å². The zero-order valence-corrected chi connectivity index (χ0v) is 19.6. The lowest BCUT2D eigenvalue weighted by Gasteiger charge is -2.23. The molecule has 1 unspecified atom stereocenters. The number of rotatable bonds is 8. The molecule has 1 atom stereocenters. The summed E-state index contributed by atoms with van der Waals surface area (Å²) in [6, 6.07) is 11.1. The molecule has 8 heteroatoms. The number of hydrogen-bond donors (Lipinski definition) is 1. The van der Waals surface area contributed by atoms with Gasteiger partial charge in [0.25, 0.3) is 0 Å². The van der Waals surface area contributed by atoms with Crippen molar-refractivity contribution in [3.63, 3.8) is 0 Å². The summed E-state index contributed by atoms with van der Waals surface area (Å²) in [6.45, 7) is 8.89. The van der Waals surface area contributed by atoms with E-state index in [0.717, 1.165) is 28.7 Å². The van der Waals surface area contributed by atoms with Crippen LogP contribution >= 0.6 is 11.6 Å². The van der Waals surface area contributed by atoms with E-state index in [9.17, 15) is 4.79 Å². The van der Waals surface area contributed by atoms with Gasteiger partial charge >= 0.3 is 6.09 Å². The predicted molar refractivity (Wildman–Crippen MR) is 127 cm³/mol. The average Bonchev–Trinajstić information content (AvgIpc) is 3.14. The fraction of sp³-hybridized carbons (Fsp3) is 0.375. The van der Waals surface area contributed by atoms with E-state index in [-0.39, 0.29) is 6.04 Å². The van der Waals surface area contributed by atoms with Crippen LogP contribution in [0.3, 0.4) is 0 Å². The number of nitrogens with one attached hydrogen (secondary N) is 1. The van der Waals surface area contributed by atoms with Crippen LogP contribution in [-0.2, 0) is 16.0 Å². The Balaban J connectivity index is 1.65. The van der Waals surface area contributed by atoms with Crippen molar-refractivity contribution in [2.24, 2.45) is 0 Å². The molecule has 0 aliphatic heterocycles. The molecular formula is C24H29ClN4O3. The van der Waals surface area contributed by atoms with Crippen molar-refractivity contribution in [1.82, 2.24) is 20.1 Å². The van der Waals surface area contributed by atoms with Gasteiger partial charge < -0.3 is 14.8 Å². The van der Waals surface area contributed by atoms with E-state index in [1.165, 1.54) is 0 Å². The predicted octanol–water partition coefficient (Wildman–Crippen LogP) is 5.40. The number of pyridine rings is 1. The number of carbonyl (C=O) groups excluding carboxylic acids is 1. The summed E-state index contributed by atoms with van der Waals surface area (Å²) in [5.41, 5.74) is 2.03. The summed E-state index contributed by atoms with van der Waals surface area (Å²) >= 11 is 6.15. The summed E-state index contributed by atoms with van der Waals surface area (Å²) in [5.74, 6) is 0. The lowest BCUT2D eigenvalue weighted by Crippen LogP contribution is -2.36. The van der Waals surface area contributed by atoms with Gasteiger partial charge in [-0.2, -0.15) is 5.10 Å². The van der Waals surface area contributed by atoms with Crippen LogP contribution < -0.4 is 5.32 Å². The molecule has 0 aliphatic rings. The molecule has 3 rings (SSSR count). The SMILES string of the molecule is CCn1ncc2cc(Cl)nc(/C=C/COCC(NC(=O)OC(C)(C)C)c3ccccc3)c21. The molecule has 170 valence electrons. The minimum absolute atomic E-state index is 0.291. The Bertz CT molecular complexity index is 1070. The first-order valence-electron chi connectivity index (χ1n) is 10.6. The maximum atomic E-state index is 12.3. The summed E-state index contributed by atoms with van der Waals surface area (Å²) in [7, 11) is 0. The largest absolute Gasteiger partial charge is 0.444 e. The Hall–Kier alpha value is -2.90. The number of halogens is 1. The first kappa shape index (κ1) is 23.8. The first-order valence-corrected chi connectivity index (χ1v) is 11.0. The Labute approximate surface area is 193 Å². The van der Waals surface area contributed by atoms with Crippen LogP contribution in [0.25, 0.3) is 17.0 Å². The number of aryl methyl sites for hydroxylation is 1. The van der Waals surface area contributed by atoms with E-state index < -0.39 is 11.7 Å². The van der Waals surface area contributed by atoms with Gasteiger partial charge in [0.1, 0.15) is 10.8 Å². The van der Waals surface area contributed by atoms with Crippen LogP contribution in [0.1, 0.15) is 45.0 Å². The van der Waals surface area contributed by atoms with Gasteiger partial charge in [-0.15, -0.1) is 0 Å². The van der Waals surface area contributed by atoms with Crippen LogP contribution in [0.15, 0.2) is 48.7 Å². The van der Waals surface area contributed by atoms with Crippen LogP contribution in [-0.4, -0.2) is 39.7 Å². The Morgan fingerprint density at radius 3 is 2.72 bits per heavy atom. The fourth-order valence-electron chi connectivity index (χ4n) is 3.24. The molecule has 0 saturated carbocycles. The molecule has 0 aliphatic carbocycles. The van der Waals surface area contributed by atoms with E-state index in [0.29, 0.717) is 18.4 Å². The number of benzene rings is 1. The van der Waals surface area contributed by atoms with E-state index in [2.05, 4.69) is 15.4 Å². The van der Waals surface area contributed by atoms with Gasteiger partial charge in [-0.3, -0.25) is 4.68 Å². The molecule has 0 saturated heterocycles. The van der Waals surface area contributed by atoms with E-state index in [4.69, 9.17) is 21.1 Å². The van der Waals surface area contributed by atoms with Crippen molar-refractivity contribution in [2.75, 3.05) is 13.2 Å². The molecule has 1 N–H and O–H groups in total. The molecule has 3 aromatic rings. The van der Waals surface area contributed by atoms with Gasteiger partial charge in [0.15, 0.2) is 0 Å². The topological polar surface area (TPSA) is 78.3 Å². The number of carbonyl (C=O) groups is 1. The van der Waals surface area contributed by atoms with Gasteiger partial charge in [-0.25, -0.2) is 9.78 Å². The highest BCUT2D eigenvalue weighted by Crippen LogP contribution is 2.22. The smallest absolute Gasteiger partial charge is 0.408 e. The fourth-order valence-corrected chi connectivity index (χ4v) is 3.45. The molecule has 0 spiro atoms. The van der Waals surface area contributed by atoms with Gasteiger partial charge in [-0.05, 0) is 45.4 Å². The van der Waals surface area contributed by atoms with Crippen molar-refractivity contribution in [3.8, 4) is 0 Å². The van der Waals surface area contributed by atoms with Crippen LogP contribution in [0.2, 0.25) is 5.15 Å². The minimum atomic E-state index is -0.574. The van der Waals surface area contributed by atoms with Gasteiger partial charge in [-0.1, -0.05) is 48.0 Å². The number of hydrogen-bond acceptors (Lipinski definition) is 5. The van der Waals surface area contributed by atoms with E-state index in [1.54, 1.807) is 12.3 Å². The van der Waals surface area contributed by atoms with Crippen molar-refractivity contribution in [2.45, 2.75) is 45.9 Å². The molecule has 1 amide bonds. The first-order chi connectivity index (χ1) is 15.3. The Morgan fingerprint density at radius 2 is 2.03 bits per heavy atom. The quantitative estimate of drug-likeness (QED) is 0.362. The Kier molecular flexibility index (Phi) is 7.88. The number of fused-ring (bicyclic) bond motifs is 1. The molecule has 1 aromatic carbocycles. The normalized spacial score (nSPS) is 12.9. The second-order valence-electron chi connectivity index (χ2n) is 8.28. The second kappa shape index (κ2) is 10.6. The minimum Gasteiger partial charge on any atom is -0.444 e. The highest BCUT2D eigenvalue weighted by atomic mass is 35.5. The van der Waals surface area contributed by atoms with Crippen molar-refractivity contribution < 1.29 is 14.3 Å². The van der Waals surface area contributed by atoms with Crippen LogP contribution in [0.5, 0.6) is 0 Å². The second-order valence-corrected chi connectivity index (χ2v) is 8.66. The molecule has 0 bridgehead atoms. The Morgan fingerprint density at radius 1 is 1.28 bits per heavy atom. The van der Waals surface area contributed by atoms with E-state index >= 15 is 0 Å². The lowest BCUT2D eigenvalue weighted by atomic mass is 10.1. The van der Waals surface area contributed by atoms with Crippen molar-refractivity contribution in [3.05, 3.63) is 65.1 Å². The summed E-state index contributed by atoms with van der Waals surface area (Å²) in [4.78, 5) is 16.7. The third-order valence-electron chi connectivity index (χ3n) is 4.58. The molecule has 7 nitrogen and oxygen atoms in total. The summed E-state index contributed by atoms with van der Waals surface area (Å²) in [5, 5.41) is 8.62. The number of aromatic nitrogens is 3. The van der Waals surface area contributed by atoms with Gasteiger partial charge in [0.05, 0.1) is 36.7 Å². The molecule has 32 heavy (non-hydrogen) atoms. The zero-order valence-electron chi connectivity index (χ0n) is 18.8. The molecular weight excluding hydrogens is 428 g/mol. The zero-order chi connectivity index (χ0) is 23.1. The van der Waals surface area contributed by atoms with Crippen LogP contribution in [0, 0.1) is 0 Å². The molecule has 0 fully saturated rings. The average molecular weight is 457 g/mol. The van der Waals surface area contributed by atoms with Crippen molar-refractivity contribution in [1.29, 1.82) is 0 Å². The molecule has 0 radical (unpaired) electrons. The summed E-state index contributed by atoms with van der Waals surface area (Å²) in [6.07, 6.45) is 5.05. The maximum absolute atomic E-state index is 12.3. The third kappa shape index (κ3) is 6.55. The summed E-state index contributed by atoms with van der Waals surface area (Å²) < 4.78 is 13.1. The maximum Gasteiger partial charge on any atom is 0.408 e. The molecule has 2 aromatic heterocycles. The third-order valence-corrected chi connectivity index (χ3v) is 4.77. The highest BCUT2D eigenvalue weighted by Gasteiger charge is 2.20. The number of amides is 1. The monoisotopic (exact) mass is 456 g/mol. The lowest BCUT2D eigenvalue weighted by molar-refractivity contribution is 0.0455. The standard InChI is InChI=1S/C24H29ClN4O3/c1-5-29-22-18(15-26-29)14-21(25)27-19(22)12-9-13-31-16-20(17-10-7-6-8-11-17)28-23(30)32-24(2,3)4/h6-12,14-15,20H,5,13,16H2,1-4H3,(H,28,30)/b12-9+. The number of ether oxygens (including phenoxy) is 2. The number of nitrogens with zero attached hydrogens (tertiary/aromatic N) is 3. The van der Waals surface area contributed by atoms with E-state index in [1.807, 2.05) is 74.9 Å². The number of alkyl carbamates (subject to hydrolysis) is 1. The van der Waals surface area contributed by atoms with Crippen LogP contribution in [0.4, 0.5) is 4.79 Å². The highest BCUT2D eigenvalue weighted by molar-refractivity contribution is 6.30.